The smallest absolute Gasteiger partial charge is 0.417 e. The van der Waals surface area contributed by atoms with Crippen LogP contribution in [0.3, 0.4) is 0 Å². The summed E-state index contributed by atoms with van der Waals surface area (Å²) in [5, 5.41) is 15.0. The van der Waals surface area contributed by atoms with Crippen LogP contribution >= 0.6 is 0 Å². The van der Waals surface area contributed by atoms with E-state index in [0.29, 0.717) is 35.8 Å². The SMILES string of the molecule is COc1cccc(-n2nc(C)cc2N2C[C@H](S(=O)(=O)c3ccccc3C(F)(F)F)C[C@H]2OC(=O)NC2(C#N)CC2)c1. The lowest BCUT2D eigenvalue weighted by Crippen LogP contribution is -2.42. The van der Waals surface area contributed by atoms with Crippen LogP contribution in [0.5, 0.6) is 5.75 Å². The van der Waals surface area contributed by atoms with E-state index in [-0.39, 0.29) is 13.0 Å². The first kappa shape index (κ1) is 28.3. The fourth-order valence-electron chi connectivity index (χ4n) is 4.83. The van der Waals surface area contributed by atoms with Crippen molar-refractivity contribution in [1.82, 2.24) is 15.1 Å². The molecule has 10 nitrogen and oxygen atoms in total. The largest absolute Gasteiger partial charge is 0.497 e. The minimum atomic E-state index is -4.89. The number of benzene rings is 2. The van der Waals surface area contributed by atoms with E-state index in [4.69, 9.17) is 9.47 Å². The Morgan fingerprint density at radius 3 is 2.56 bits per heavy atom. The number of sulfone groups is 1. The molecule has 0 bridgehead atoms. The monoisotopic (exact) mass is 589 g/mol. The van der Waals surface area contributed by atoms with E-state index in [1.54, 1.807) is 37.3 Å². The molecule has 2 aliphatic rings. The number of amides is 1. The van der Waals surface area contributed by atoms with Gasteiger partial charge in [-0.15, -0.1) is 0 Å². The molecule has 1 aliphatic heterocycles. The van der Waals surface area contributed by atoms with E-state index >= 15 is 0 Å². The Kier molecular flexibility index (Phi) is 7.10. The van der Waals surface area contributed by atoms with E-state index in [1.807, 2.05) is 6.07 Å². The van der Waals surface area contributed by atoms with Gasteiger partial charge in [-0.3, -0.25) is 0 Å². The fraction of sp³-hybridized carbons (Fsp3) is 0.370. The van der Waals surface area contributed by atoms with Crippen LogP contribution in [-0.4, -0.2) is 55.0 Å². The molecule has 5 rings (SSSR count). The number of methoxy groups -OCH3 is 1. The van der Waals surface area contributed by atoms with E-state index in [9.17, 15) is 31.6 Å². The quantitative estimate of drug-likeness (QED) is 0.431. The van der Waals surface area contributed by atoms with Gasteiger partial charge in [-0.25, -0.2) is 17.9 Å². The van der Waals surface area contributed by atoms with Gasteiger partial charge in [-0.1, -0.05) is 18.2 Å². The van der Waals surface area contributed by atoms with Crippen molar-refractivity contribution in [3.8, 4) is 17.5 Å². The molecule has 0 spiro atoms. The minimum Gasteiger partial charge on any atom is -0.497 e. The zero-order valence-electron chi connectivity index (χ0n) is 22.1. The number of nitriles is 1. The van der Waals surface area contributed by atoms with Crippen LogP contribution in [0.2, 0.25) is 0 Å². The van der Waals surface area contributed by atoms with Crippen molar-refractivity contribution in [3.63, 3.8) is 0 Å². The molecular weight excluding hydrogens is 563 g/mol. The molecule has 2 heterocycles. The van der Waals surface area contributed by atoms with Gasteiger partial charge < -0.3 is 19.7 Å². The first-order chi connectivity index (χ1) is 19.4. The zero-order chi connectivity index (χ0) is 29.6. The summed E-state index contributed by atoms with van der Waals surface area (Å²) in [6.07, 6.45) is -6.45. The van der Waals surface area contributed by atoms with E-state index < -0.39 is 49.6 Å². The first-order valence-electron chi connectivity index (χ1n) is 12.6. The molecular formula is C27H26F3N5O5S. The van der Waals surface area contributed by atoms with Crippen molar-refractivity contribution >= 4 is 21.7 Å². The summed E-state index contributed by atoms with van der Waals surface area (Å²) < 4.78 is 81.1. The predicted octanol–water partition coefficient (Wildman–Crippen LogP) is 4.37. The van der Waals surface area contributed by atoms with Crippen molar-refractivity contribution in [1.29, 1.82) is 5.26 Å². The van der Waals surface area contributed by atoms with Gasteiger partial charge in [-0.2, -0.15) is 23.5 Å². The molecule has 2 aromatic carbocycles. The molecule has 41 heavy (non-hydrogen) atoms. The highest BCUT2D eigenvalue weighted by Crippen LogP contribution is 2.40. The van der Waals surface area contributed by atoms with Gasteiger partial charge in [0.1, 0.15) is 17.1 Å². The van der Waals surface area contributed by atoms with Crippen LogP contribution in [0.15, 0.2) is 59.5 Å². The van der Waals surface area contributed by atoms with E-state index in [0.717, 1.165) is 18.2 Å². The molecule has 1 aromatic heterocycles. The van der Waals surface area contributed by atoms with Crippen LogP contribution in [-0.2, 0) is 20.8 Å². The predicted molar refractivity (Wildman–Crippen MR) is 140 cm³/mol. The fourth-order valence-corrected chi connectivity index (χ4v) is 6.72. The summed E-state index contributed by atoms with van der Waals surface area (Å²) in [6.45, 7) is 1.43. The van der Waals surface area contributed by atoms with Gasteiger partial charge in [0.15, 0.2) is 16.1 Å². The van der Waals surface area contributed by atoms with Crippen molar-refractivity contribution in [2.75, 3.05) is 18.6 Å². The zero-order valence-corrected chi connectivity index (χ0v) is 22.9. The maximum Gasteiger partial charge on any atom is 0.417 e. The van der Waals surface area contributed by atoms with Gasteiger partial charge in [0, 0.05) is 25.1 Å². The van der Waals surface area contributed by atoms with Gasteiger partial charge in [0.2, 0.25) is 0 Å². The lowest BCUT2D eigenvalue weighted by Gasteiger charge is -2.27. The molecule has 1 aliphatic carbocycles. The number of carbonyl (C=O) groups excluding carboxylic acids is 1. The highest BCUT2D eigenvalue weighted by Gasteiger charge is 2.49. The number of nitrogens with one attached hydrogen (secondary N) is 1. The number of hydrogen-bond acceptors (Lipinski definition) is 8. The van der Waals surface area contributed by atoms with Crippen molar-refractivity contribution in [2.45, 2.75) is 54.3 Å². The Labute approximate surface area is 234 Å². The number of rotatable bonds is 7. The molecule has 0 radical (unpaired) electrons. The number of ether oxygens (including phenoxy) is 2. The summed E-state index contributed by atoms with van der Waals surface area (Å²) in [6, 6.07) is 14.6. The second-order valence-corrected chi connectivity index (χ2v) is 12.2. The van der Waals surface area contributed by atoms with Gasteiger partial charge >= 0.3 is 12.3 Å². The first-order valence-corrected chi connectivity index (χ1v) is 14.2. The number of anilines is 1. The molecule has 14 heteroatoms. The van der Waals surface area contributed by atoms with Gasteiger partial charge in [0.25, 0.3) is 0 Å². The topological polar surface area (TPSA) is 127 Å². The van der Waals surface area contributed by atoms with Crippen LogP contribution in [0.4, 0.5) is 23.8 Å². The maximum atomic E-state index is 13.8. The second kappa shape index (κ2) is 10.3. The third kappa shape index (κ3) is 5.54. The normalized spacial score (nSPS) is 19.9. The highest BCUT2D eigenvalue weighted by molar-refractivity contribution is 7.92. The molecule has 216 valence electrons. The average Bonchev–Trinajstić information content (AvgIpc) is 3.40. The highest BCUT2D eigenvalue weighted by atomic mass is 32.2. The molecule has 0 unspecified atom stereocenters. The number of aryl methyl sites for hydroxylation is 1. The summed E-state index contributed by atoms with van der Waals surface area (Å²) in [7, 11) is -3.05. The third-order valence-electron chi connectivity index (χ3n) is 7.10. The molecule has 1 N–H and O–H groups in total. The van der Waals surface area contributed by atoms with Gasteiger partial charge in [-0.05, 0) is 44.0 Å². The molecule has 2 atom stereocenters. The number of carbonyl (C=O) groups is 1. The Balaban J connectivity index is 1.54. The lowest BCUT2D eigenvalue weighted by atomic mass is 10.2. The molecule has 1 saturated heterocycles. The Morgan fingerprint density at radius 1 is 1.17 bits per heavy atom. The number of halogens is 3. The maximum absolute atomic E-state index is 13.8. The van der Waals surface area contributed by atoms with Crippen LogP contribution in [0.25, 0.3) is 5.69 Å². The number of aromatic nitrogens is 2. The Hall–Kier alpha value is -4.25. The molecule has 1 saturated carbocycles. The molecule has 1 amide bonds. The number of alkyl carbamates (subject to hydrolysis) is 1. The summed E-state index contributed by atoms with van der Waals surface area (Å²) in [5.41, 5.74) is -1.20. The van der Waals surface area contributed by atoms with E-state index in [1.165, 1.54) is 22.8 Å². The summed E-state index contributed by atoms with van der Waals surface area (Å²) in [5.74, 6) is 0.891. The third-order valence-corrected chi connectivity index (χ3v) is 9.29. The van der Waals surface area contributed by atoms with E-state index in [2.05, 4.69) is 10.4 Å². The van der Waals surface area contributed by atoms with Crippen molar-refractivity contribution in [2.24, 2.45) is 0 Å². The average molecular weight is 590 g/mol. The van der Waals surface area contributed by atoms with Crippen LogP contribution in [0, 0.1) is 18.3 Å². The summed E-state index contributed by atoms with van der Waals surface area (Å²) >= 11 is 0. The summed E-state index contributed by atoms with van der Waals surface area (Å²) in [4.78, 5) is 13.4. The number of alkyl halides is 3. The molecule has 3 aromatic rings. The Bertz CT molecular complexity index is 1630. The van der Waals surface area contributed by atoms with Crippen LogP contribution in [0.1, 0.15) is 30.5 Å². The van der Waals surface area contributed by atoms with Gasteiger partial charge in [0.05, 0.1) is 40.3 Å². The minimum absolute atomic E-state index is 0.287. The number of hydrogen-bond donors (Lipinski definition) is 1. The van der Waals surface area contributed by atoms with Crippen molar-refractivity contribution < 1.29 is 35.9 Å². The lowest BCUT2D eigenvalue weighted by molar-refractivity contribution is -0.139. The van der Waals surface area contributed by atoms with Crippen LogP contribution < -0.4 is 15.0 Å². The number of nitrogens with zero attached hydrogens (tertiary/aromatic N) is 4. The Morgan fingerprint density at radius 2 is 1.90 bits per heavy atom. The standard InChI is InChI=1S/C27H26F3N5O5S/c1-17-12-23(35(33-17)18-6-5-7-19(13-18)39-2)34-15-20(14-24(34)40-25(36)32-26(16-31)10-11-26)41(37,38)22-9-4-3-8-21(22)27(28,29)30/h3-9,12-13,20,24H,10-11,14-15H2,1-2H3,(H,32,36)/t20-,24-/m1/s1. The van der Waals surface area contributed by atoms with Crippen molar-refractivity contribution in [3.05, 3.63) is 65.9 Å². The second-order valence-electron chi connectivity index (χ2n) is 9.99. The molecule has 2 fully saturated rings.